The molecular formula is C19H22ClNO2. The van der Waals surface area contributed by atoms with Gasteiger partial charge in [0.25, 0.3) is 0 Å². The Labute approximate surface area is 142 Å². The van der Waals surface area contributed by atoms with Crippen molar-refractivity contribution in [3.8, 4) is 11.5 Å². The van der Waals surface area contributed by atoms with E-state index in [9.17, 15) is 0 Å². The fourth-order valence-corrected chi connectivity index (χ4v) is 3.19. The molecular weight excluding hydrogens is 310 g/mol. The SMILES string of the molecule is COc1ccc(COc2ccc(Cl)c3c2CCN(C)CC3)cc1. The third kappa shape index (κ3) is 3.80. The fraction of sp³-hybridized carbons (Fsp3) is 0.368. The van der Waals surface area contributed by atoms with Gasteiger partial charge in [-0.25, -0.2) is 0 Å². The smallest absolute Gasteiger partial charge is 0.123 e. The van der Waals surface area contributed by atoms with Gasteiger partial charge in [-0.3, -0.25) is 0 Å². The Bertz CT molecular complexity index is 670. The number of fused-ring (bicyclic) bond motifs is 1. The molecule has 1 heterocycles. The van der Waals surface area contributed by atoms with Gasteiger partial charge in [0, 0.05) is 23.7 Å². The molecule has 0 saturated heterocycles. The highest BCUT2D eigenvalue weighted by molar-refractivity contribution is 6.31. The standard InChI is InChI=1S/C19H22ClNO2/c1-21-11-9-16-17(10-12-21)19(8-7-18(16)20)23-13-14-3-5-15(22-2)6-4-14/h3-8H,9-13H2,1-2H3. The number of halogens is 1. The third-order valence-corrected chi connectivity index (χ3v) is 4.73. The lowest BCUT2D eigenvalue weighted by Gasteiger charge is -2.15. The molecule has 4 heteroatoms. The second kappa shape index (κ2) is 7.24. The van der Waals surface area contributed by atoms with E-state index in [0.29, 0.717) is 6.61 Å². The molecule has 0 bridgehead atoms. The molecule has 3 nitrogen and oxygen atoms in total. The van der Waals surface area contributed by atoms with Crippen molar-refractivity contribution in [1.82, 2.24) is 4.90 Å². The summed E-state index contributed by atoms with van der Waals surface area (Å²) in [6.45, 7) is 2.62. The van der Waals surface area contributed by atoms with E-state index in [1.54, 1.807) is 7.11 Å². The van der Waals surface area contributed by atoms with Crippen LogP contribution < -0.4 is 9.47 Å². The van der Waals surface area contributed by atoms with E-state index < -0.39 is 0 Å². The van der Waals surface area contributed by atoms with Crippen LogP contribution in [-0.2, 0) is 19.4 Å². The highest BCUT2D eigenvalue weighted by atomic mass is 35.5. The van der Waals surface area contributed by atoms with Crippen LogP contribution in [0.5, 0.6) is 11.5 Å². The van der Waals surface area contributed by atoms with Gasteiger partial charge in [-0.05, 0) is 55.3 Å². The molecule has 0 unspecified atom stereocenters. The van der Waals surface area contributed by atoms with Crippen LogP contribution in [0.1, 0.15) is 16.7 Å². The normalized spacial score (nSPS) is 14.9. The Morgan fingerprint density at radius 3 is 2.39 bits per heavy atom. The summed E-state index contributed by atoms with van der Waals surface area (Å²) in [6.07, 6.45) is 1.95. The number of likely N-dealkylation sites (N-methyl/N-ethyl adjacent to an activating group) is 1. The molecule has 1 aliphatic heterocycles. The summed E-state index contributed by atoms with van der Waals surface area (Å²) >= 11 is 6.40. The number of hydrogen-bond donors (Lipinski definition) is 0. The van der Waals surface area contributed by atoms with Crippen molar-refractivity contribution in [2.24, 2.45) is 0 Å². The molecule has 0 saturated carbocycles. The van der Waals surface area contributed by atoms with E-state index in [0.717, 1.165) is 48.0 Å². The Kier molecular flexibility index (Phi) is 5.09. The van der Waals surface area contributed by atoms with Crippen LogP contribution in [0.2, 0.25) is 5.02 Å². The second-order valence-electron chi connectivity index (χ2n) is 5.94. The average Bonchev–Trinajstić information content (AvgIpc) is 2.78. The van der Waals surface area contributed by atoms with Gasteiger partial charge in [0.15, 0.2) is 0 Å². The summed E-state index contributed by atoms with van der Waals surface area (Å²) in [5.74, 6) is 1.81. The summed E-state index contributed by atoms with van der Waals surface area (Å²) in [5, 5.41) is 0.854. The molecule has 0 spiro atoms. The van der Waals surface area contributed by atoms with Crippen molar-refractivity contribution in [3.63, 3.8) is 0 Å². The maximum Gasteiger partial charge on any atom is 0.123 e. The van der Waals surface area contributed by atoms with Gasteiger partial charge in [-0.2, -0.15) is 0 Å². The highest BCUT2D eigenvalue weighted by Crippen LogP contribution is 2.32. The van der Waals surface area contributed by atoms with E-state index in [-0.39, 0.29) is 0 Å². The molecule has 23 heavy (non-hydrogen) atoms. The third-order valence-electron chi connectivity index (χ3n) is 4.37. The predicted molar refractivity (Wildman–Crippen MR) is 93.7 cm³/mol. The van der Waals surface area contributed by atoms with E-state index in [1.165, 1.54) is 11.1 Å². The lowest BCUT2D eigenvalue weighted by Crippen LogP contribution is -2.20. The molecule has 0 aliphatic carbocycles. The summed E-state index contributed by atoms with van der Waals surface area (Å²) < 4.78 is 11.3. The summed E-state index contributed by atoms with van der Waals surface area (Å²) in [7, 11) is 3.82. The van der Waals surface area contributed by atoms with E-state index in [2.05, 4.69) is 11.9 Å². The molecule has 0 fully saturated rings. The van der Waals surface area contributed by atoms with Crippen molar-refractivity contribution < 1.29 is 9.47 Å². The molecule has 2 aromatic carbocycles. The zero-order valence-corrected chi connectivity index (χ0v) is 14.4. The Balaban J connectivity index is 1.77. The van der Waals surface area contributed by atoms with E-state index in [4.69, 9.17) is 21.1 Å². The van der Waals surface area contributed by atoms with Gasteiger partial charge < -0.3 is 14.4 Å². The maximum absolute atomic E-state index is 6.40. The first kappa shape index (κ1) is 16.2. The first-order valence-corrected chi connectivity index (χ1v) is 8.29. The van der Waals surface area contributed by atoms with E-state index in [1.807, 2.05) is 36.4 Å². The monoisotopic (exact) mass is 331 g/mol. The number of rotatable bonds is 4. The molecule has 2 aromatic rings. The average molecular weight is 332 g/mol. The zero-order chi connectivity index (χ0) is 16.2. The number of methoxy groups -OCH3 is 1. The molecule has 0 radical (unpaired) electrons. The quantitative estimate of drug-likeness (QED) is 0.846. The molecule has 122 valence electrons. The van der Waals surface area contributed by atoms with Gasteiger partial charge in [0.2, 0.25) is 0 Å². The van der Waals surface area contributed by atoms with Crippen LogP contribution in [-0.4, -0.2) is 32.1 Å². The minimum absolute atomic E-state index is 0.550. The predicted octanol–water partition coefficient (Wildman–Crippen LogP) is 3.96. The van der Waals surface area contributed by atoms with Crippen LogP contribution in [0.4, 0.5) is 0 Å². The van der Waals surface area contributed by atoms with Crippen molar-refractivity contribution >= 4 is 11.6 Å². The largest absolute Gasteiger partial charge is 0.497 e. The summed E-state index contributed by atoms with van der Waals surface area (Å²) in [5.41, 5.74) is 3.62. The van der Waals surface area contributed by atoms with Gasteiger partial charge >= 0.3 is 0 Å². The first-order chi connectivity index (χ1) is 11.2. The minimum atomic E-state index is 0.550. The van der Waals surface area contributed by atoms with Crippen LogP contribution in [0, 0.1) is 0 Å². The number of nitrogens with zero attached hydrogens (tertiary/aromatic N) is 1. The zero-order valence-electron chi connectivity index (χ0n) is 13.6. The lowest BCUT2D eigenvalue weighted by molar-refractivity contribution is 0.301. The Morgan fingerprint density at radius 2 is 1.70 bits per heavy atom. The van der Waals surface area contributed by atoms with Crippen molar-refractivity contribution in [2.75, 3.05) is 27.2 Å². The molecule has 1 aliphatic rings. The Hall–Kier alpha value is -1.71. The number of ether oxygens (including phenoxy) is 2. The second-order valence-corrected chi connectivity index (χ2v) is 6.35. The van der Waals surface area contributed by atoms with Gasteiger partial charge in [-0.1, -0.05) is 23.7 Å². The molecule has 0 amide bonds. The summed E-state index contributed by atoms with van der Waals surface area (Å²) in [6, 6.07) is 11.9. The first-order valence-electron chi connectivity index (χ1n) is 7.92. The topological polar surface area (TPSA) is 21.7 Å². The van der Waals surface area contributed by atoms with Gasteiger partial charge in [-0.15, -0.1) is 0 Å². The van der Waals surface area contributed by atoms with Crippen LogP contribution in [0.3, 0.4) is 0 Å². The van der Waals surface area contributed by atoms with Crippen LogP contribution >= 0.6 is 11.6 Å². The van der Waals surface area contributed by atoms with E-state index >= 15 is 0 Å². The lowest BCUT2D eigenvalue weighted by atomic mass is 10.0. The molecule has 0 atom stereocenters. The minimum Gasteiger partial charge on any atom is -0.497 e. The van der Waals surface area contributed by atoms with Crippen molar-refractivity contribution in [1.29, 1.82) is 0 Å². The van der Waals surface area contributed by atoms with Crippen molar-refractivity contribution in [3.05, 3.63) is 58.1 Å². The number of benzene rings is 2. The van der Waals surface area contributed by atoms with Crippen LogP contribution in [0.25, 0.3) is 0 Å². The highest BCUT2D eigenvalue weighted by Gasteiger charge is 2.18. The molecule has 3 rings (SSSR count). The molecule has 0 N–H and O–H groups in total. The Morgan fingerprint density at radius 1 is 1.00 bits per heavy atom. The van der Waals surface area contributed by atoms with Gasteiger partial charge in [0.05, 0.1) is 7.11 Å². The fourth-order valence-electron chi connectivity index (χ4n) is 2.92. The summed E-state index contributed by atoms with van der Waals surface area (Å²) in [4.78, 5) is 2.34. The van der Waals surface area contributed by atoms with Crippen molar-refractivity contribution in [2.45, 2.75) is 19.4 Å². The molecule has 0 aromatic heterocycles. The maximum atomic E-state index is 6.40. The number of hydrogen-bond acceptors (Lipinski definition) is 3. The van der Waals surface area contributed by atoms with Crippen LogP contribution in [0.15, 0.2) is 36.4 Å². The van der Waals surface area contributed by atoms with Gasteiger partial charge in [0.1, 0.15) is 18.1 Å².